The number of aromatic nitrogens is 1. The Labute approximate surface area is 100 Å². The standard InChI is InChI=1S/C10H16FN3O2S/c1-7(4-12)8(2)14-17(15,16)10-3-9(11)5-13-6-10/h3,5-8,14H,4,12H2,1-2H3. The maximum absolute atomic E-state index is 12.9. The van der Waals surface area contributed by atoms with E-state index >= 15 is 0 Å². The number of halogens is 1. The summed E-state index contributed by atoms with van der Waals surface area (Å²) in [4.78, 5) is 3.32. The molecule has 0 bridgehead atoms. The zero-order chi connectivity index (χ0) is 13.1. The Balaban J connectivity index is 2.89. The zero-order valence-electron chi connectivity index (χ0n) is 9.72. The summed E-state index contributed by atoms with van der Waals surface area (Å²) < 4.78 is 39.0. The van der Waals surface area contributed by atoms with Crippen molar-refractivity contribution in [1.82, 2.24) is 9.71 Å². The van der Waals surface area contributed by atoms with Gasteiger partial charge in [-0.25, -0.2) is 17.5 Å². The van der Waals surface area contributed by atoms with E-state index in [1.54, 1.807) is 6.92 Å². The molecule has 0 fully saturated rings. The van der Waals surface area contributed by atoms with Crippen LogP contribution < -0.4 is 10.5 Å². The quantitative estimate of drug-likeness (QED) is 0.807. The Hall–Kier alpha value is -1.05. The van der Waals surface area contributed by atoms with E-state index in [0.29, 0.717) is 6.54 Å². The SMILES string of the molecule is CC(CN)C(C)NS(=O)(=O)c1cncc(F)c1. The average molecular weight is 261 g/mol. The van der Waals surface area contributed by atoms with Gasteiger partial charge in [0.2, 0.25) is 10.0 Å². The molecule has 2 atom stereocenters. The fourth-order valence-corrected chi connectivity index (χ4v) is 2.50. The molecule has 96 valence electrons. The van der Waals surface area contributed by atoms with Gasteiger partial charge in [-0.15, -0.1) is 0 Å². The Morgan fingerprint density at radius 2 is 2.12 bits per heavy atom. The Kier molecular flexibility index (Phi) is 4.55. The van der Waals surface area contributed by atoms with Gasteiger partial charge in [0.15, 0.2) is 0 Å². The molecule has 1 heterocycles. The van der Waals surface area contributed by atoms with Crippen molar-refractivity contribution in [1.29, 1.82) is 0 Å². The third-order valence-corrected chi connectivity index (χ3v) is 4.08. The maximum atomic E-state index is 12.9. The second-order valence-corrected chi connectivity index (χ2v) is 5.68. The van der Waals surface area contributed by atoms with Gasteiger partial charge in [0, 0.05) is 12.2 Å². The molecule has 17 heavy (non-hydrogen) atoms. The first-order valence-electron chi connectivity index (χ1n) is 5.19. The fraction of sp³-hybridized carbons (Fsp3) is 0.500. The van der Waals surface area contributed by atoms with E-state index < -0.39 is 15.8 Å². The lowest BCUT2D eigenvalue weighted by Gasteiger charge is -2.19. The number of nitrogens with two attached hydrogens (primary N) is 1. The third-order valence-electron chi connectivity index (χ3n) is 2.56. The van der Waals surface area contributed by atoms with Gasteiger partial charge in [-0.05, 0) is 25.5 Å². The second kappa shape index (κ2) is 5.52. The summed E-state index contributed by atoms with van der Waals surface area (Å²) in [6.07, 6.45) is 2.05. The van der Waals surface area contributed by atoms with Gasteiger partial charge in [0.25, 0.3) is 0 Å². The highest BCUT2D eigenvalue weighted by Gasteiger charge is 2.21. The van der Waals surface area contributed by atoms with E-state index in [1.807, 2.05) is 6.92 Å². The van der Waals surface area contributed by atoms with E-state index in [1.165, 1.54) is 0 Å². The molecule has 1 aromatic rings. The molecule has 0 aliphatic carbocycles. The molecule has 7 heteroatoms. The predicted octanol–water partition coefficient (Wildman–Crippen LogP) is 0.482. The summed E-state index contributed by atoms with van der Waals surface area (Å²) in [7, 11) is -3.75. The largest absolute Gasteiger partial charge is 0.330 e. The van der Waals surface area contributed by atoms with Gasteiger partial charge in [-0.3, -0.25) is 4.98 Å². The van der Waals surface area contributed by atoms with Gasteiger partial charge in [0.1, 0.15) is 10.7 Å². The van der Waals surface area contributed by atoms with Crippen molar-refractivity contribution in [3.63, 3.8) is 0 Å². The molecular weight excluding hydrogens is 245 g/mol. The Bertz CT molecular complexity index is 478. The van der Waals surface area contributed by atoms with Crippen LogP contribution in [0, 0.1) is 11.7 Å². The Morgan fingerprint density at radius 1 is 1.47 bits per heavy atom. The van der Waals surface area contributed by atoms with Gasteiger partial charge in [-0.1, -0.05) is 6.92 Å². The molecule has 2 unspecified atom stereocenters. The van der Waals surface area contributed by atoms with Crippen molar-refractivity contribution in [2.75, 3.05) is 6.54 Å². The molecule has 0 radical (unpaired) electrons. The van der Waals surface area contributed by atoms with Crippen molar-refractivity contribution in [3.8, 4) is 0 Å². The van der Waals surface area contributed by atoms with E-state index in [0.717, 1.165) is 18.5 Å². The average Bonchev–Trinajstić information content (AvgIpc) is 2.27. The highest BCUT2D eigenvalue weighted by atomic mass is 32.2. The Morgan fingerprint density at radius 3 is 2.65 bits per heavy atom. The van der Waals surface area contributed by atoms with Crippen LogP contribution in [0.4, 0.5) is 4.39 Å². The number of hydrogen-bond donors (Lipinski definition) is 2. The topological polar surface area (TPSA) is 85.1 Å². The number of pyridine rings is 1. The second-order valence-electron chi connectivity index (χ2n) is 3.96. The number of sulfonamides is 1. The molecule has 0 saturated carbocycles. The van der Waals surface area contributed by atoms with Crippen molar-refractivity contribution < 1.29 is 12.8 Å². The van der Waals surface area contributed by atoms with Gasteiger partial charge in [-0.2, -0.15) is 0 Å². The minimum atomic E-state index is -3.75. The van der Waals surface area contributed by atoms with E-state index in [9.17, 15) is 12.8 Å². The van der Waals surface area contributed by atoms with E-state index in [-0.39, 0.29) is 16.9 Å². The summed E-state index contributed by atoms with van der Waals surface area (Å²) >= 11 is 0. The first-order chi connectivity index (χ1) is 7.86. The minimum Gasteiger partial charge on any atom is -0.330 e. The lowest BCUT2D eigenvalue weighted by Crippen LogP contribution is -2.39. The number of hydrogen-bond acceptors (Lipinski definition) is 4. The molecule has 0 aliphatic heterocycles. The molecule has 0 amide bonds. The summed E-state index contributed by atoms with van der Waals surface area (Å²) in [6, 6.07) is 0.600. The maximum Gasteiger partial charge on any atom is 0.242 e. The van der Waals surface area contributed by atoms with Gasteiger partial charge < -0.3 is 5.73 Å². The zero-order valence-corrected chi connectivity index (χ0v) is 10.5. The van der Waals surface area contributed by atoms with Crippen molar-refractivity contribution in [2.24, 2.45) is 11.7 Å². The van der Waals surface area contributed by atoms with Crippen molar-refractivity contribution in [3.05, 3.63) is 24.3 Å². The lowest BCUT2D eigenvalue weighted by atomic mass is 10.1. The molecular formula is C10H16FN3O2S. The molecule has 0 saturated heterocycles. The third kappa shape index (κ3) is 3.72. The smallest absolute Gasteiger partial charge is 0.242 e. The fourth-order valence-electron chi connectivity index (χ4n) is 1.17. The number of nitrogens with zero attached hydrogens (tertiary/aromatic N) is 1. The monoisotopic (exact) mass is 261 g/mol. The summed E-state index contributed by atoms with van der Waals surface area (Å²) in [5.74, 6) is -0.696. The van der Waals surface area contributed by atoms with Crippen LogP contribution in [0.3, 0.4) is 0 Å². The van der Waals surface area contributed by atoms with Crippen LogP contribution in [0.5, 0.6) is 0 Å². The van der Waals surface area contributed by atoms with Crippen LogP contribution in [0.2, 0.25) is 0 Å². The normalized spacial score (nSPS) is 15.5. The van der Waals surface area contributed by atoms with Crippen LogP contribution in [-0.2, 0) is 10.0 Å². The first-order valence-corrected chi connectivity index (χ1v) is 6.68. The highest BCUT2D eigenvalue weighted by molar-refractivity contribution is 7.89. The molecule has 1 aromatic heterocycles. The highest BCUT2D eigenvalue weighted by Crippen LogP contribution is 2.11. The lowest BCUT2D eigenvalue weighted by molar-refractivity contribution is 0.453. The number of nitrogens with one attached hydrogen (secondary N) is 1. The molecule has 3 N–H and O–H groups in total. The van der Waals surface area contributed by atoms with E-state index in [4.69, 9.17) is 5.73 Å². The summed E-state index contributed by atoms with van der Waals surface area (Å²) in [5.41, 5.74) is 5.45. The summed E-state index contributed by atoms with van der Waals surface area (Å²) in [6.45, 7) is 3.91. The molecule has 5 nitrogen and oxygen atoms in total. The van der Waals surface area contributed by atoms with E-state index in [2.05, 4.69) is 9.71 Å². The van der Waals surface area contributed by atoms with Crippen LogP contribution >= 0.6 is 0 Å². The van der Waals surface area contributed by atoms with Crippen molar-refractivity contribution in [2.45, 2.75) is 24.8 Å². The molecule has 0 aromatic carbocycles. The molecule has 0 aliphatic rings. The van der Waals surface area contributed by atoms with Crippen LogP contribution in [-0.4, -0.2) is 26.0 Å². The minimum absolute atomic E-state index is 0.00806. The van der Waals surface area contributed by atoms with Gasteiger partial charge in [0.05, 0.1) is 6.20 Å². The van der Waals surface area contributed by atoms with Crippen LogP contribution in [0.1, 0.15) is 13.8 Å². The summed E-state index contributed by atoms with van der Waals surface area (Å²) in [5, 5.41) is 0. The predicted molar refractivity (Wildman–Crippen MR) is 62.2 cm³/mol. The molecule has 1 rings (SSSR count). The molecule has 0 spiro atoms. The van der Waals surface area contributed by atoms with Crippen LogP contribution in [0.25, 0.3) is 0 Å². The number of rotatable bonds is 5. The van der Waals surface area contributed by atoms with Gasteiger partial charge >= 0.3 is 0 Å². The van der Waals surface area contributed by atoms with Crippen molar-refractivity contribution >= 4 is 10.0 Å². The van der Waals surface area contributed by atoms with Crippen LogP contribution in [0.15, 0.2) is 23.4 Å². The first kappa shape index (κ1) is 14.0.